The minimum atomic E-state index is -0.488. The van der Waals surface area contributed by atoms with Crippen LogP contribution < -0.4 is 5.32 Å². The normalized spacial score (nSPS) is 19.0. The van der Waals surface area contributed by atoms with Crippen molar-refractivity contribution < 1.29 is 9.18 Å². The second kappa shape index (κ2) is 8.76. The van der Waals surface area contributed by atoms with E-state index in [-0.39, 0.29) is 11.7 Å². The van der Waals surface area contributed by atoms with Gasteiger partial charge in [-0.1, -0.05) is 36.4 Å². The third kappa shape index (κ3) is 4.26. The Morgan fingerprint density at radius 2 is 1.83 bits per heavy atom. The van der Waals surface area contributed by atoms with Crippen LogP contribution in [0.4, 0.5) is 4.39 Å². The number of rotatable bonds is 6. The van der Waals surface area contributed by atoms with Crippen molar-refractivity contribution in [1.29, 1.82) is 0 Å². The molecular formula is C25H26FN3O. The maximum atomic E-state index is 13.2. The number of halogens is 1. The van der Waals surface area contributed by atoms with E-state index in [1.54, 1.807) is 19.4 Å². The first-order chi connectivity index (χ1) is 14.6. The van der Waals surface area contributed by atoms with Gasteiger partial charge in [-0.2, -0.15) is 0 Å². The highest BCUT2D eigenvalue weighted by molar-refractivity contribution is 5.84. The number of nitrogens with zero attached hydrogens (tertiary/aromatic N) is 2. The van der Waals surface area contributed by atoms with Crippen LogP contribution in [0.5, 0.6) is 0 Å². The number of likely N-dealkylation sites (tertiary alicyclic amines) is 1. The molecule has 1 aliphatic rings. The molecule has 1 N–H and O–H groups in total. The third-order valence-electron chi connectivity index (χ3n) is 6.00. The molecule has 30 heavy (non-hydrogen) atoms. The predicted molar refractivity (Wildman–Crippen MR) is 116 cm³/mol. The smallest absolute Gasteiger partial charge is 0.227 e. The zero-order valence-corrected chi connectivity index (χ0v) is 17.1. The maximum absolute atomic E-state index is 13.2. The Balaban J connectivity index is 1.59. The van der Waals surface area contributed by atoms with Crippen LogP contribution in [0.15, 0.2) is 73.1 Å². The number of carbonyl (C=O) groups is 1. The largest absolute Gasteiger partial charge is 0.359 e. The molecule has 1 amide bonds. The van der Waals surface area contributed by atoms with E-state index >= 15 is 0 Å². The van der Waals surface area contributed by atoms with E-state index in [9.17, 15) is 9.18 Å². The highest BCUT2D eigenvalue weighted by Crippen LogP contribution is 2.38. The van der Waals surface area contributed by atoms with Crippen molar-refractivity contribution in [2.24, 2.45) is 5.41 Å². The average Bonchev–Trinajstić information content (AvgIpc) is 3.19. The van der Waals surface area contributed by atoms with Crippen molar-refractivity contribution in [3.8, 4) is 11.1 Å². The first kappa shape index (κ1) is 20.2. The van der Waals surface area contributed by atoms with Crippen molar-refractivity contribution in [2.45, 2.75) is 19.4 Å². The monoisotopic (exact) mass is 403 g/mol. The fourth-order valence-electron chi connectivity index (χ4n) is 4.47. The number of aromatic nitrogens is 1. The van der Waals surface area contributed by atoms with Gasteiger partial charge in [-0.05, 0) is 65.9 Å². The van der Waals surface area contributed by atoms with Gasteiger partial charge >= 0.3 is 0 Å². The summed E-state index contributed by atoms with van der Waals surface area (Å²) < 4.78 is 13.2. The molecule has 0 aliphatic carbocycles. The van der Waals surface area contributed by atoms with Crippen molar-refractivity contribution in [1.82, 2.24) is 15.2 Å². The van der Waals surface area contributed by atoms with Crippen LogP contribution in [-0.4, -0.2) is 35.9 Å². The molecule has 4 rings (SSSR count). The zero-order valence-electron chi connectivity index (χ0n) is 17.1. The molecule has 1 aliphatic heterocycles. The van der Waals surface area contributed by atoms with Crippen LogP contribution in [0.3, 0.4) is 0 Å². The first-order valence-corrected chi connectivity index (χ1v) is 10.3. The minimum absolute atomic E-state index is 0.0774. The van der Waals surface area contributed by atoms with Crippen LogP contribution in [0.25, 0.3) is 11.1 Å². The van der Waals surface area contributed by atoms with E-state index in [0.29, 0.717) is 19.5 Å². The SMILES string of the molecule is CNC(=O)C1(Cc2ccccc2-c2ccncc2)CCN(Cc2ccc(F)cc2)C1. The van der Waals surface area contributed by atoms with E-state index in [0.717, 1.165) is 35.2 Å². The molecule has 0 bridgehead atoms. The third-order valence-corrected chi connectivity index (χ3v) is 6.00. The van der Waals surface area contributed by atoms with E-state index in [4.69, 9.17) is 0 Å². The number of pyridine rings is 1. The molecule has 1 aromatic heterocycles. The summed E-state index contributed by atoms with van der Waals surface area (Å²) in [5.74, 6) is -0.152. The molecule has 2 heterocycles. The summed E-state index contributed by atoms with van der Waals surface area (Å²) in [7, 11) is 1.71. The number of carbonyl (C=O) groups excluding carboxylic acids is 1. The fourth-order valence-corrected chi connectivity index (χ4v) is 4.47. The molecule has 3 aromatic rings. The standard InChI is InChI=1S/C25H26FN3O/c1-27-24(30)25(12-15-29(18-25)17-19-6-8-22(26)9-7-19)16-21-4-2-3-5-23(21)20-10-13-28-14-11-20/h2-11,13-14H,12,15-18H2,1H3,(H,27,30). The molecule has 2 aromatic carbocycles. The van der Waals surface area contributed by atoms with Gasteiger partial charge < -0.3 is 5.32 Å². The molecule has 4 nitrogen and oxygen atoms in total. The van der Waals surface area contributed by atoms with Gasteiger partial charge in [-0.25, -0.2) is 4.39 Å². The Hall–Kier alpha value is -3.05. The summed E-state index contributed by atoms with van der Waals surface area (Å²) in [6, 6.07) is 18.9. The predicted octanol–water partition coefficient (Wildman–Crippen LogP) is 4.07. The van der Waals surface area contributed by atoms with Crippen LogP contribution in [-0.2, 0) is 17.8 Å². The molecule has 1 unspecified atom stereocenters. The lowest BCUT2D eigenvalue weighted by molar-refractivity contribution is -0.130. The number of benzene rings is 2. The highest BCUT2D eigenvalue weighted by Gasteiger charge is 2.44. The summed E-state index contributed by atoms with van der Waals surface area (Å²) in [5.41, 5.74) is 3.98. The molecule has 1 saturated heterocycles. The Bertz CT molecular complexity index is 1010. The van der Waals surface area contributed by atoms with Gasteiger partial charge in [0.15, 0.2) is 0 Å². The van der Waals surface area contributed by atoms with Crippen molar-refractivity contribution >= 4 is 5.91 Å². The Morgan fingerprint density at radius 1 is 1.10 bits per heavy atom. The van der Waals surface area contributed by atoms with Crippen molar-refractivity contribution in [3.05, 3.63) is 90.0 Å². The number of hydrogen-bond acceptors (Lipinski definition) is 3. The Labute approximate surface area is 176 Å². The molecule has 1 atom stereocenters. The number of nitrogens with one attached hydrogen (secondary N) is 1. The average molecular weight is 404 g/mol. The molecular weight excluding hydrogens is 377 g/mol. The Morgan fingerprint density at radius 3 is 2.57 bits per heavy atom. The zero-order chi connectivity index (χ0) is 21.0. The van der Waals surface area contributed by atoms with Crippen LogP contribution in [0.2, 0.25) is 0 Å². The summed E-state index contributed by atoms with van der Waals surface area (Å²) >= 11 is 0. The van der Waals surface area contributed by atoms with Gasteiger partial charge in [-0.3, -0.25) is 14.7 Å². The van der Waals surface area contributed by atoms with Gasteiger partial charge in [0.2, 0.25) is 5.91 Å². The summed E-state index contributed by atoms with van der Waals surface area (Å²) in [6.45, 7) is 2.22. The topological polar surface area (TPSA) is 45.2 Å². The van der Waals surface area contributed by atoms with Crippen LogP contribution >= 0.6 is 0 Å². The van der Waals surface area contributed by atoms with Gasteiger partial charge in [-0.15, -0.1) is 0 Å². The molecule has 154 valence electrons. The van der Waals surface area contributed by atoms with E-state index in [1.165, 1.54) is 12.1 Å². The lowest BCUT2D eigenvalue weighted by atomic mass is 9.78. The molecule has 5 heteroatoms. The minimum Gasteiger partial charge on any atom is -0.359 e. The summed E-state index contributed by atoms with van der Waals surface area (Å²) in [5, 5.41) is 2.89. The van der Waals surface area contributed by atoms with Gasteiger partial charge in [0.05, 0.1) is 5.41 Å². The van der Waals surface area contributed by atoms with Crippen LogP contribution in [0.1, 0.15) is 17.5 Å². The summed E-state index contributed by atoms with van der Waals surface area (Å²) in [4.78, 5) is 19.4. The second-order valence-corrected chi connectivity index (χ2v) is 8.02. The van der Waals surface area contributed by atoms with E-state index < -0.39 is 5.41 Å². The molecule has 1 fully saturated rings. The molecule has 0 spiro atoms. The fraction of sp³-hybridized carbons (Fsp3) is 0.280. The first-order valence-electron chi connectivity index (χ1n) is 10.3. The lowest BCUT2D eigenvalue weighted by Crippen LogP contribution is -2.43. The highest BCUT2D eigenvalue weighted by atomic mass is 19.1. The van der Waals surface area contributed by atoms with Crippen LogP contribution in [0, 0.1) is 11.2 Å². The van der Waals surface area contributed by atoms with Crippen molar-refractivity contribution in [3.63, 3.8) is 0 Å². The maximum Gasteiger partial charge on any atom is 0.227 e. The second-order valence-electron chi connectivity index (χ2n) is 8.02. The van der Waals surface area contributed by atoms with Gasteiger partial charge in [0.1, 0.15) is 5.82 Å². The number of amides is 1. The number of hydrogen-bond donors (Lipinski definition) is 1. The van der Waals surface area contributed by atoms with E-state index in [2.05, 4.69) is 27.3 Å². The molecule has 0 radical (unpaired) electrons. The molecule has 0 saturated carbocycles. The van der Waals surface area contributed by atoms with Crippen molar-refractivity contribution in [2.75, 3.05) is 20.1 Å². The Kier molecular flexibility index (Phi) is 5.91. The van der Waals surface area contributed by atoms with E-state index in [1.807, 2.05) is 36.4 Å². The quantitative estimate of drug-likeness (QED) is 0.675. The van der Waals surface area contributed by atoms with Gasteiger partial charge in [0, 0.05) is 32.5 Å². The summed E-state index contributed by atoms with van der Waals surface area (Å²) in [6.07, 6.45) is 5.05. The lowest BCUT2D eigenvalue weighted by Gasteiger charge is -2.29. The van der Waals surface area contributed by atoms with Gasteiger partial charge in [0.25, 0.3) is 0 Å².